The molecule has 1 nitrogen and oxygen atoms in total. The van der Waals surface area contributed by atoms with Crippen molar-refractivity contribution in [1.29, 1.82) is 0 Å². The molecule has 0 spiro atoms. The first-order valence-electron chi connectivity index (χ1n) is 4.17. The van der Waals surface area contributed by atoms with E-state index in [9.17, 15) is 0 Å². The minimum absolute atomic E-state index is 0.325. The summed E-state index contributed by atoms with van der Waals surface area (Å²) < 4.78 is 4.92. The summed E-state index contributed by atoms with van der Waals surface area (Å²) in [5, 5.41) is 0. The van der Waals surface area contributed by atoms with Crippen LogP contribution in [0, 0.1) is 0 Å². The normalized spacial score (nSPS) is 14.3. The van der Waals surface area contributed by atoms with Gasteiger partial charge in [-0.1, -0.05) is 0 Å². The van der Waals surface area contributed by atoms with E-state index in [0.717, 1.165) is 3.92 Å². The molecule has 0 bridgehead atoms. The van der Waals surface area contributed by atoms with Crippen molar-refractivity contribution in [3.05, 3.63) is 0 Å². The van der Waals surface area contributed by atoms with E-state index < -0.39 is 0 Å². The summed E-state index contributed by atoms with van der Waals surface area (Å²) in [5.74, 6) is 0. The van der Waals surface area contributed by atoms with Gasteiger partial charge in [0.2, 0.25) is 0 Å². The second-order valence-corrected chi connectivity index (χ2v) is 7.65. The molecule has 11 heavy (non-hydrogen) atoms. The van der Waals surface area contributed by atoms with Crippen molar-refractivity contribution in [1.82, 2.24) is 3.11 Å². The molecule has 1 atom stereocenters. The Kier molecular flexibility index (Phi) is 9.08. The van der Waals surface area contributed by atoms with Crippen LogP contribution in [0.15, 0.2) is 0 Å². The molecular weight excluding hydrogens is 364 g/mol. The average Bonchev–Trinajstić information content (AvgIpc) is 2.03. The van der Waals surface area contributed by atoms with Gasteiger partial charge in [0, 0.05) is 0 Å². The van der Waals surface area contributed by atoms with Gasteiger partial charge < -0.3 is 0 Å². The van der Waals surface area contributed by atoms with Crippen LogP contribution in [0.4, 0.5) is 0 Å². The first kappa shape index (κ1) is 12.4. The van der Waals surface area contributed by atoms with Crippen LogP contribution in [-0.2, 0) is 0 Å². The van der Waals surface area contributed by atoms with Crippen LogP contribution >= 0.6 is 0 Å². The molecule has 0 aliphatic heterocycles. The molecule has 0 amide bonds. The maximum atomic E-state index is 2.52. The Labute approximate surface area is 95.1 Å². The molecule has 1 unspecified atom stereocenters. The molecule has 0 aromatic heterocycles. The topological polar surface area (TPSA) is 3.24 Å². The number of hydrogen-bond donors (Lipinski definition) is 0. The van der Waals surface area contributed by atoms with Crippen LogP contribution in [0.5, 0.6) is 0 Å². The Balaban J connectivity index is 3.49. The minimum atomic E-state index is 0.325. The molecule has 0 aromatic rings. The van der Waals surface area contributed by atoms with E-state index in [2.05, 4.69) is 46.6 Å². The number of halogens is 2. The Morgan fingerprint density at radius 3 is 2.45 bits per heavy atom. The summed E-state index contributed by atoms with van der Waals surface area (Å²) in [7, 11) is 2.26. The fourth-order valence-corrected chi connectivity index (χ4v) is 5.60. The molecule has 0 saturated carbocycles. The Hall–Kier alpha value is 1.42. The van der Waals surface area contributed by atoms with Crippen molar-refractivity contribution in [2.75, 3.05) is 18.0 Å². The summed E-state index contributed by atoms with van der Waals surface area (Å²) in [4.78, 5) is 0. The zero-order valence-electron chi connectivity index (χ0n) is 7.64. The molecule has 0 N–H and O–H groups in total. The summed E-state index contributed by atoms with van der Waals surface area (Å²) in [6, 6.07) is 0. The molecular formula is C8H19I2N. The van der Waals surface area contributed by atoms with Gasteiger partial charge in [0.1, 0.15) is 0 Å². The molecule has 0 saturated heterocycles. The first-order chi connectivity index (χ1) is 5.24. The van der Waals surface area contributed by atoms with Crippen molar-refractivity contribution < 1.29 is 44.1 Å². The Morgan fingerprint density at radius 2 is 2.09 bits per heavy atom. The molecule has 0 aliphatic carbocycles. The van der Waals surface area contributed by atoms with Crippen LogP contribution in [0.1, 0.15) is 26.7 Å². The van der Waals surface area contributed by atoms with Crippen molar-refractivity contribution in [2.24, 2.45) is 0 Å². The Morgan fingerprint density at radius 1 is 1.45 bits per heavy atom. The van der Waals surface area contributed by atoms with E-state index in [1.807, 2.05) is 0 Å². The van der Waals surface area contributed by atoms with Gasteiger partial charge in [0.15, 0.2) is 0 Å². The van der Waals surface area contributed by atoms with Gasteiger partial charge in [-0.25, -0.2) is 0 Å². The quantitative estimate of drug-likeness (QED) is 0.254. The molecule has 0 rings (SSSR count). The van der Waals surface area contributed by atoms with E-state index in [1.165, 1.54) is 23.8 Å². The average molecular weight is 383 g/mol. The number of rotatable bonds is 6. The molecule has 0 aromatic carbocycles. The maximum absolute atomic E-state index is 2.52. The predicted molar refractivity (Wildman–Crippen MR) is 43.3 cm³/mol. The summed E-state index contributed by atoms with van der Waals surface area (Å²) in [5.41, 5.74) is 0. The number of hydrogen-bond acceptors (Lipinski definition) is 1. The van der Waals surface area contributed by atoms with Crippen LogP contribution in [0.25, 0.3) is 0 Å². The number of nitrogens with zero attached hydrogens (tertiary/aromatic N) is 1. The molecule has 0 heterocycles. The van der Waals surface area contributed by atoms with Crippen LogP contribution < -0.4 is 44.1 Å². The summed E-state index contributed by atoms with van der Waals surface area (Å²) in [6.45, 7) is 5.80. The zero-order chi connectivity index (χ0) is 8.69. The third-order valence-electron chi connectivity index (χ3n) is 1.61. The fourth-order valence-electron chi connectivity index (χ4n) is 0.754. The van der Waals surface area contributed by atoms with Gasteiger partial charge in [-0.05, 0) is 0 Å². The van der Waals surface area contributed by atoms with Gasteiger partial charge in [0.05, 0.1) is 0 Å². The van der Waals surface area contributed by atoms with Crippen molar-refractivity contribution in [3.63, 3.8) is 0 Å². The first-order valence-corrected chi connectivity index (χ1v) is 8.03. The molecule has 3 heteroatoms. The van der Waals surface area contributed by atoms with Crippen molar-refractivity contribution in [2.45, 2.75) is 30.6 Å². The molecule has 70 valence electrons. The monoisotopic (exact) mass is 383 g/mol. The zero-order valence-corrected chi connectivity index (χ0v) is 12.1. The third-order valence-corrected chi connectivity index (χ3v) is 6.21. The van der Waals surface area contributed by atoms with Gasteiger partial charge in [-0.15, -0.1) is 0 Å². The predicted octanol–water partition coefficient (Wildman–Crippen LogP) is -4.60. The van der Waals surface area contributed by atoms with E-state index in [0.29, 0.717) is 21.5 Å². The van der Waals surface area contributed by atoms with Crippen molar-refractivity contribution in [3.8, 4) is 0 Å². The van der Waals surface area contributed by atoms with E-state index in [-0.39, 0.29) is 0 Å². The molecule has 0 radical (unpaired) electrons. The van der Waals surface area contributed by atoms with Crippen molar-refractivity contribution >= 4 is 0 Å². The number of alkyl halides is 2. The van der Waals surface area contributed by atoms with Gasteiger partial charge in [-0.3, -0.25) is 0 Å². The fraction of sp³-hybridized carbons (Fsp3) is 1.00. The van der Waals surface area contributed by atoms with Crippen LogP contribution in [0.3, 0.4) is 0 Å². The van der Waals surface area contributed by atoms with E-state index in [4.69, 9.17) is 0 Å². The summed E-state index contributed by atoms with van der Waals surface area (Å²) in [6.07, 6.45) is 2.83. The Bertz CT molecular complexity index is 88.2. The SMILES string of the molecule is CCC(CC[IH+])[I-]N(C)CC. The van der Waals surface area contributed by atoms with Gasteiger partial charge in [-0.2, -0.15) is 0 Å². The summed E-state index contributed by atoms with van der Waals surface area (Å²) >= 11 is 2.55. The van der Waals surface area contributed by atoms with Gasteiger partial charge in [0.25, 0.3) is 0 Å². The molecule has 0 fully saturated rings. The van der Waals surface area contributed by atoms with E-state index in [1.54, 1.807) is 0 Å². The van der Waals surface area contributed by atoms with Gasteiger partial charge >= 0.3 is 95.8 Å². The molecule has 0 aliphatic rings. The standard InChI is InChI=1S/C8H19I2N/c1-4-8(6-7-9)10-11(3)5-2/h8-9H,4-7H2,1-3H3. The second-order valence-electron chi connectivity index (χ2n) is 2.52. The second kappa shape index (κ2) is 8.04. The van der Waals surface area contributed by atoms with Crippen LogP contribution in [-0.4, -0.2) is 25.1 Å². The van der Waals surface area contributed by atoms with Crippen LogP contribution in [0.2, 0.25) is 0 Å². The van der Waals surface area contributed by atoms with E-state index >= 15 is 0 Å². The third kappa shape index (κ3) is 6.57.